The van der Waals surface area contributed by atoms with Gasteiger partial charge < -0.3 is 19.7 Å². The van der Waals surface area contributed by atoms with Gasteiger partial charge in [0.05, 0.1) is 6.20 Å². The van der Waals surface area contributed by atoms with Gasteiger partial charge in [-0.05, 0) is 0 Å². The van der Waals surface area contributed by atoms with Crippen LogP contribution < -0.4 is 5.56 Å². The molecule has 0 unspecified atom stereocenters. The average Bonchev–Trinajstić information content (AvgIpc) is 2.22. The summed E-state index contributed by atoms with van der Waals surface area (Å²) in [4.78, 5) is 11.2. The van der Waals surface area contributed by atoms with Gasteiger partial charge in [-0.2, -0.15) is 0 Å². The maximum absolute atomic E-state index is 11.2. The number of aromatic amines is 1. The number of ether oxygens (including phenoxy) is 2. The van der Waals surface area contributed by atoms with Gasteiger partial charge in [0.1, 0.15) is 13.6 Å². The molecule has 0 radical (unpaired) electrons. The number of nitrogens with one attached hydrogen (secondary N) is 1. The molecular weight excluding hydrogens is 206 g/mol. The summed E-state index contributed by atoms with van der Waals surface area (Å²) in [6, 6.07) is 0. The van der Waals surface area contributed by atoms with E-state index in [1.165, 1.54) is 6.20 Å². The summed E-state index contributed by atoms with van der Waals surface area (Å²) in [5, 5.41) is 25.9. The van der Waals surface area contributed by atoms with Crippen molar-refractivity contribution in [2.24, 2.45) is 0 Å². The van der Waals surface area contributed by atoms with Crippen molar-refractivity contribution < 1.29 is 19.7 Å². The Morgan fingerprint density at radius 3 is 2.60 bits per heavy atom. The highest BCUT2D eigenvalue weighted by atomic mass is 16.7. The first-order valence-corrected chi connectivity index (χ1v) is 4.12. The number of aliphatic hydroxyl groups is 2. The second kappa shape index (κ2) is 6.19. The van der Waals surface area contributed by atoms with E-state index in [2.05, 4.69) is 15.4 Å². The fraction of sp³-hybridized carbons (Fsp3) is 0.571. The zero-order chi connectivity index (χ0) is 11.1. The maximum Gasteiger partial charge on any atom is 0.270 e. The first kappa shape index (κ1) is 11.7. The standard InChI is InChI=1S/C7H11N3O5/c11-3-14-6(15-4-12)1-5-2-8-10-9-7(5)13/h2,6,11-12H,1,3-4H2,(H,8,9,13). The molecule has 0 aliphatic rings. The second-order valence-corrected chi connectivity index (χ2v) is 2.54. The Kier molecular flexibility index (Phi) is 4.84. The molecule has 0 saturated carbocycles. The second-order valence-electron chi connectivity index (χ2n) is 2.54. The van der Waals surface area contributed by atoms with Crippen LogP contribution in [0.1, 0.15) is 5.56 Å². The van der Waals surface area contributed by atoms with Gasteiger partial charge in [-0.1, -0.05) is 5.21 Å². The van der Waals surface area contributed by atoms with E-state index >= 15 is 0 Å². The number of aliphatic hydroxyl groups excluding tert-OH is 2. The van der Waals surface area contributed by atoms with Crippen LogP contribution >= 0.6 is 0 Å². The third kappa shape index (κ3) is 3.72. The largest absolute Gasteiger partial charge is 0.371 e. The van der Waals surface area contributed by atoms with E-state index in [9.17, 15) is 4.79 Å². The van der Waals surface area contributed by atoms with Gasteiger partial charge in [0.15, 0.2) is 6.29 Å². The molecule has 0 amide bonds. The SMILES string of the molecule is O=c1[nH]nncc1CC(OCO)OCO. The highest BCUT2D eigenvalue weighted by Crippen LogP contribution is 2.01. The smallest absolute Gasteiger partial charge is 0.270 e. The van der Waals surface area contributed by atoms with E-state index in [1.807, 2.05) is 0 Å². The first-order valence-electron chi connectivity index (χ1n) is 4.12. The topological polar surface area (TPSA) is 118 Å². The molecule has 1 aromatic heterocycles. The molecule has 84 valence electrons. The molecule has 0 spiro atoms. The molecule has 1 heterocycles. The molecule has 8 nitrogen and oxygen atoms in total. The highest BCUT2D eigenvalue weighted by molar-refractivity contribution is 5.02. The molecule has 0 aliphatic heterocycles. The van der Waals surface area contributed by atoms with Crippen molar-refractivity contribution in [1.29, 1.82) is 0 Å². The van der Waals surface area contributed by atoms with Crippen LogP contribution in [-0.2, 0) is 15.9 Å². The minimum atomic E-state index is -0.898. The predicted molar refractivity (Wildman–Crippen MR) is 46.5 cm³/mol. The van der Waals surface area contributed by atoms with Crippen molar-refractivity contribution in [2.45, 2.75) is 12.7 Å². The fourth-order valence-corrected chi connectivity index (χ4v) is 0.960. The van der Waals surface area contributed by atoms with Crippen LogP contribution in [-0.4, -0.2) is 45.5 Å². The lowest BCUT2D eigenvalue weighted by Gasteiger charge is -2.14. The molecule has 3 N–H and O–H groups in total. The summed E-state index contributed by atoms with van der Waals surface area (Å²) in [5.74, 6) is 0. The quantitative estimate of drug-likeness (QED) is 0.470. The van der Waals surface area contributed by atoms with Crippen molar-refractivity contribution in [3.05, 3.63) is 22.1 Å². The van der Waals surface area contributed by atoms with E-state index in [4.69, 9.17) is 19.7 Å². The summed E-state index contributed by atoms with van der Waals surface area (Å²) < 4.78 is 9.43. The van der Waals surface area contributed by atoms with E-state index < -0.39 is 25.4 Å². The first-order chi connectivity index (χ1) is 7.27. The molecule has 0 fully saturated rings. The number of rotatable bonds is 6. The van der Waals surface area contributed by atoms with Gasteiger partial charge in [0.2, 0.25) is 0 Å². The van der Waals surface area contributed by atoms with Crippen LogP contribution in [0, 0.1) is 0 Å². The monoisotopic (exact) mass is 217 g/mol. The zero-order valence-electron chi connectivity index (χ0n) is 7.79. The Balaban J connectivity index is 2.65. The summed E-state index contributed by atoms with van der Waals surface area (Å²) >= 11 is 0. The lowest BCUT2D eigenvalue weighted by molar-refractivity contribution is -0.208. The van der Waals surface area contributed by atoms with Crippen molar-refractivity contribution >= 4 is 0 Å². The Morgan fingerprint density at radius 2 is 2.07 bits per heavy atom. The van der Waals surface area contributed by atoms with Gasteiger partial charge in [-0.3, -0.25) is 4.79 Å². The zero-order valence-corrected chi connectivity index (χ0v) is 7.79. The molecule has 8 heteroatoms. The van der Waals surface area contributed by atoms with E-state index in [0.717, 1.165) is 0 Å². The van der Waals surface area contributed by atoms with E-state index in [0.29, 0.717) is 0 Å². The van der Waals surface area contributed by atoms with Crippen molar-refractivity contribution in [1.82, 2.24) is 15.4 Å². The molecule has 1 rings (SSSR count). The van der Waals surface area contributed by atoms with Crippen LogP contribution in [0.2, 0.25) is 0 Å². The van der Waals surface area contributed by atoms with Crippen LogP contribution in [0.3, 0.4) is 0 Å². The molecule has 0 atom stereocenters. The van der Waals surface area contributed by atoms with Gasteiger partial charge in [0.25, 0.3) is 5.56 Å². The van der Waals surface area contributed by atoms with E-state index in [-0.39, 0.29) is 12.0 Å². The normalized spacial score (nSPS) is 10.9. The van der Waals surface area contributed by atoms with Gasteiger partial charge >= 0.3 is 0 Å². The maximum atomic E-state index is 11.2. The van der Waals surface area contributed by atoms with Gasteiger partial charge in [-0.15, -0.1) is 5.10 Å². The Morgan fingerprint density at radius 1 is 1.40 bits per heavy atom. The summed E-state index contributed by atoms with van der Waals surface area (Å²) in [6.45, 7) is -1.14. The molecule has 0 aromatic carbocycles. The molecule has 0 bridgehead atoms. The number of hydrogen-bond donors (Lipinski definition) is 3. The Labute approximate surface area is 84.5 Å². The summed E-state index contributed by atoms with van der Waals surface area (Å²) in [5.41, 5.74) is -0.130. The minimum absolute atomic E-state index is 0.0615. The van der Waals surface area contributed by atoms with Crippen LogP contribution in [0.25, 0.3) is 0 Å². The van der Waals surface area contributed by atoms with Gasteiger partial charge in [-0.25, -0.2) is 5.10 Å². The van der Waals surface area contributed by atoms with Crippen molar-refractivity contribution in [3.63, 3.8) is 0 Å². The lowest BCUT2D eigenvalue weighted by Crippen LogP contribution is -2.26. The Bertz CT molecular complexity index is 335. The van der Waals surface area contributed by atoms with Crippen molar-refractivity contribution in [3.8, 4) is 0 Å². The van der Waals surface area contributed by atoms with Gasteiger partial charge in [0, 0.05) is 12.0 Å². The highest BCUT2D eigenvalue weighted by Gasteiger charge is 2.12. The van der Waals surface area contributed by atoms with E-state index in [1.54, 1.807) is 0 Å². The van der Waals surface area contributed by atoms with Crippen LogP contribution in [0.15, 0.2) is 11.0 Å². The summed E-state index contributed by atoms with van der Waals surface area (Å²) in [6.07, 6.45) is 0.421. The van der Waals surface area contributed by atoms with Crippen LogP contribution in [0.5, 0.6) is 0 Å². The number of H-pyrrole nitrogens is 1. The molecule has 0 aliphatic carbocycles. The molecular formula is C7H11N3O5. The molecule has 0 saturated heterocycles. The van der Waals surface area contributed by atoms with Crippen molar-refractivity contribution in [2.75, 3.05) is 13.6 Å². The third-order valence-corrected chi connectivity index (χ3v) is 1.62. The Hall–Kier alpha value is -1.35. The summed E-state index contributed by atoms with van der Waals surface area (Å²) in [7, 11) is 0. The van der Waals surface area contributed by atoms with Crippen LogP contribution in [0.4, 0.5) is 0 Å². The molecule has 1 aromatic rings. The number of nitrogens with zero attached hydrogens (tertiary/aromatic N) is 2. The lowest BCUT2D eigenvalue weighted by atomic mass is 10.2. The third-order valence-electron chi connectivity index (χ3n) is 1.62. The molecule has 15 heavy (non-hydrogen) atoms. The number of aromatic nitrogens is 3. The fourth-order valence-electron chi connectivity index (χ4n) is 0.960. The predicted octanol–water partition coefficient (Wildman–Crippen LogP) is -2.03. The average molecular weight is 217 g/mol. The minimum Gasteiger partial charge on any atom is -0.371 e. The number of hydrogen-bond acceptors (Lipinski definition) is 7.